The van der Waals surface area contributed by atoms with E-state index in [1.807, 2.05) is 0 Å². The van der Waals surface area contributed by atoms with Crippen LogP contribution in [0.25, 0.3) is 0 Å². The number of halogens is 5. The highest BCUT2D eigenvalue weighted by atomic mass is 32.2. The molecule has 0 bridgehead atoms. The molecule has 0 aromatic heterocycles. The van der Waals surface area contributed by atoms with Gasteiger partial charge in [0, 0.05) is 28.7 Å². The number of rotatable bonds is 13. The molecule has 0 radical (unpaired) electrons. The van der Waals surface area contributed by atoms with Crippen LogP contribution in [0, 0.1) is 5.92 Å². The molecule has 1 nitrogen and oxygen atoms in total. The molecule has 0 saturated carbocycles. The molecule has 1 atom stereocenters. The van der Waals surface area contributed by atoms with Crippen LogP contribution in [0.4, 0.5) is 22.0 Å². The van der Waals surface area contributed by atoms with E-state index in [2.05, 4.69) is 13.8 Å². The van der Waals surface area contributed by atoms with Gasteiger partial charge >= 0.3 is 12.1 Å². The van der Waals surface area contributed by atoms with Crippen LogP contribution in [-0.4, -0.2) is 27.8 Å². The Morgan fingerprint density at radius 1 is 0.783 bits per heavy atom. The van der Waals surface area contributed by atoms with Crippen LogP contribution in [0.1, 0.15) is 71.6 Å². The van der Waals surface area contributed by atoms with Gasteiger partial charge in [0.05, 0.1) is 0 Å². The van der Waals surface area contributed by atoms with Crippen molar-refractivity contribution < 1.29 is 26.2 Å². The minimum absolute atomic E-state index is 0.0833. The van der Waals surface area contributed by atoms with Crippen molar-refractivity contribution in [3.63, 3.8) is 0 Å². The average Bonchev–Trinajstić information content (AvgIpc) is 2.40. The predicted octanol–water partition coefficient (Wildman–Crippen LogP) is 6.10. The van der Waals surface area contributed by atoms with Gasteiger partial charge in [-0.3, -0.25) is 4.21 Å². The molecule has 0 fully saturated rings. The van der Waals surface area contributed by atoms with Crippen molar-refractivity contribution in [1.82, 2.24) is 0 Å². The van der Waals surface area contributed by atoms with E-state index < -0.39 is 29.3 Å². The van der Waals surface area contributed by atoms with Crippen LogP contribution in [0.15, 0.2) is 0 Å². The summed E-state index contributed by atoms with van der Waals surface area (Å²) in [6.07, 6.45) is 0.352. The first kappa shape index (κ1) is 22.8. The summed E-state index contributed by atoms with van der Waals surface area (Å²) < 4.78 is 72.8. The van der Waals surface area contributed by atoms with Crippen LogP contribution in [-0.2, 0) is 10.8 Å². The zero-order valence-corrected chi connectivity index (χ0v) is 14.9. The van der Waals surface area contributed by atoms with Crippen LogP contribution in [0.2, 0.25) is 0 Å². The Labute approximate surface area is 138 Å². The predicted molar refractivity (Wildman–Crippen MR) is 85.3 cm³/mol. The normalized spacial score (nSPS) is 14.4. The maximum absolute atomic E-state index is 12.7. The Hall–Kier alpha value is -0.200. The first-order chi connectivity index (χ1) is 10.6. The highest BCUT2D eigenvalue weighted by Gasteiger charge is 2.56. The van der Waals surface area contributed by atoms with Gasteiger partial charge in [-0.05, 0) is 18.8 Å². The van der Waals surface area contributed by atoms with Gasteiger partial charge in [0.15, 0.2) is 0 Å². The van der Waals surface area contributed by atoms with E-state index in [0.717, 1.165) is 31.6 Å². The van der Waals surface area contributed by atoms with Gasteiger partial charge in [0.2, 0.25) is 0 Å². The largest absolute Gasteiger partial charge is 0.453 e. The molecular weight excluding hydrogens is 335 g/mol. The number of hydrogen-bond donors (Lipinski definition) is 0. The summed E-state index contributed by atoms with van der Waals surface area (Å²) in [5.74, 6) is -3.64. The number of unbranched alkanes of at least 4 members (excludes halogenated alkanes) is 5. The van der Waals surface area contributed by atoms with E-state index >= 15 is 0 Å². The molecule has 0 heterocycles. The lowest BCUT2D eigenvalue weighted by Gasteiger charge is -2.19. The Bertz CT molecular complexity index is 329. The van der Waals surface area contributed by atoms with Gasteiger partial charge in [-0.15, -0.1) is 0 Å². The number of alkyl halides is 5. The molecule has 23 heavy (non-hydrogen) atoms. The second-order valence-electron chi connectivity index (χ2n) is 6.46. The van der Waals surface area contributed by atoms with E-state index in [1.165, 1.54) is 19.3 Å². The van der Waals surface area contributed by atoms with E-state index in [0.29, 0.717) is 5.75 Å². The maximum Gasteiger partial charge on any atom is 0.453 e. The molecule has 0 amide bonds. The fraction of sp³-hybridized carbons (Fsp3) is 1.00. The Kier molecular flexibility index (Phi) is 11.3. The molecule has 0 rings (SSSR count). The zero-order valence-electron chi connectivity index (χ0n) is 14.1. The molecule has 0 N–H and O–H groups in total. The lowest BCUT2D eigenvalue weighted by Crippen LogP contribution is -2.36. The van der Waals surface area contributed by atoms with Crippen molar-refractivity contribution in [2.75, 3.05) is 11.5 Å². The van der Waals surface area contributed by atoms with Gasteiger partial charge in [0.1, 0.15) is 0 Å². The molecule has 7 heteroatoms. The van der Waals surface area contributed by atoms with Gasteiger partial charge in [-0.1, -0.05) is 52.4 Å². The molecule has 0 aliphatic heterocycles. The molecule has 0 aromatic carbocycles. The quantitative estimate of drug-likeness (QED) is 0.285. The van der Waals surface area contributed by atoms with Crippen molar-refractivity contribution in [2.45, 2.75) is 83.7 Å². The Morgan fingerprint density at radius 3 is 1.78 bits per heavy atom. The molecule has 0 saturated heterocycles. The second-order valence-corrected chi connectivity index (χ2v) is 8.15. The average molecular weight is 364 g/mol. The van der Waals surface area contributed by atoms with Crippen molar-refractivity contribution >= 4 is 10.8 Å². The third-order valence-electron chi connectivity index (χ3n) is 3.68. The molecule has 140 valence electrons. The third kappa shape index (κ3) is 11.9. The SMILES string of the molecule is CC(C)CCCCCCCCS(=O)CCCC(F)(F)C(F)(F)F. The topological polar surface area (TPSA) is 17.1 Å². The Balaban J connectivity index is 3.55. The van der Waals surface area contributed by atoms with Crippen molar-refractivity contribution in [2.24, 2.45) is 5.92 Å². The summed E-state index contributed by atoms with van der Waals surface area (Å²) in [6, 6.07) is 0. The summed E-state index contributed by atoms with van der Waals surface area (Å²) in [4.78, 5) is 0. The highest BCUT2D eigenvalue weighted by Crippen LogP contribution is 2.38. The van der Waals surface area contributed by atoms with Crippen LogP contribution < -0.4 is 0 Å². The molecule has 0 aromatic rings. The zero-order chi connectivity index (χ0) is 17.9. The highest BCUT2D eigenvalue weighted by molar-refractivity contribution is 7.84. The summed E-state index contributed by atoms with van der Waals surface area (Å²) in [5.41, 5.74) is 0. The van der Waals surface area contributed by atoms with Crippen molar-refractivity contribution in [3.8, 4) is 0 Å². The van der Waals surface area contributed by atoms with Gasteiger partial charge < -0.3 is 0 Å². The van der Waals surface area contributed by atoms with Crippen molar-refractivity contribution in [3.05, 3.63) is 0 Å². The lowest BCUT2D eigenvalue weighted by molar-refractivity contribution is -0.284. The monoisotopic (exact) mass is 364 g/mol. The Morgan fingerprint density at radius 2 is 1.26 bits per heavy atom. The fourth-order valence-electron chi connectivity index (χ4n) is 2.22. The minimum atomic E-state index is -5.51. The molecular formula is C16H29F5OS. The first-order valence-electron chi connectivity index (χ1n) is 8.36. The van der Waals surface area contributed by atoms with Gasteiger partial charge in [-0.2, -0.15) is 22.0 Å². The summed E-state index contributed by atoms with van der Waals surface area (Å²) in [6.45, 7) is 4.39. The first-order valence-corrected chi connectivity index (χ1v) is 9.84. The van der Waals surface area contributed by atoms with Crippen LogP contribution >= 0.6 is 0 Å². The van der Waals surface area contributed by atoms with E-state index in [9.17, 15) is 26.2 Å². The standard InChI is InChI=1S/C16H29F5OS/c1-14(2)10-7-5-3-4-6-8-12-23(22)13-9-11-15(17,18)16(19,20)21/h14H,3-13H2,1-2H3. The molecule has 0 aliphatic carbocycles. The van der Waals surface area contributed by atoms with E-state index in [-0.39, 0.29) is 12.2 Å². The van der Waals surface area contributed by atoms with Crippen LogP contribution in [0.3, 0.4) is 0 Å². The summed E-state index contributed by atoms with van der Waals surface area (Å²) in [7, 11) is -1.30. The van der Waals surface area contributed by atoms with Crippen molar-refractivity contribution in [1.29, 1.82) is 0 Å². The molecule has 1 unspecified atom stereocenters. The minimum Gasteiger partial charge on any atom is -0.260 e. The number of hydrogen-bond acceptors (Lipinski definition) is 1. The fourth-order valence-corrected chi connectivity index (χ4v) is 3.42. The molecule has 0 spiro atoms. The summed E-state index contributed by atoms with van der Waals surface area (Å²) in [5, 5.41) is 0. The summed E-state index contributed by atoms with van der Waals surface area (Å²) >= 11 is 0. The lowest BCUT2D eigenvalue weighted by atomic mass is 10.0. The van der Waals surface area contributed by atoms with E-state index in [4.69, 9.17) is 0 Å². The maximum atomic E-state index is 12.7. The molecule has 0 aliphatic rings. The third-order valence-corrected chi connectivity index (χ3v) is 5.17. The smallest absolute Gasteiger partial charge is 0.260 e. The van der Waals surface area contributed by atoms with Gasteiger partial charge in [-0.25, -0.2) is 0 Å². The van der Waals surface area contributed by atoms with E-state index in [1.54, 1.807) is 0 Å². The van der Waals surface area contributed by atoms with Gasteiger partial charge in [0.25, 0.3) is 0 Å². The van der Waals surface area contributed by atoms with Crippen LogP contribution in [0.5, 0.6) is 0 Å². The second kappa shape index (κ2) is 11.4.